The molecule has 1 fully saturated rings. The second-order valence-corrected chi connectivity index (χ2v) is 4.60. The van der Waals surface area contributed by atoms with Gasteiger partial charge in [0.1, 0.15) is 0 Å². The number of para-hydroxylation sites is 1. The zero-order valence-electron chi connectivity index (χ0n) is 10.1. The number of likely N-dealkylation sites (tertiary alicyclic amines) is 1. The molecule has 1 aromatic heterocycles. The highest BCUT2D eigenvalue weighted by Crippen LogP contribution is 2.20. The van der Waals surface area contributed by atoms with Crippen molar-refractivity contribution in [3.05, 3.63) is 24.3 Å². The number of carbonyl (C=O) groups is 1. The lowest BCUT2D eigenvalue weighted by molar-refractivity contribution is 0.200. The summed E-state index contributed by atoms with van der Waals surface area (Å²) in [6.45, 7) is 1.68. The van der Waals surface area contributed by atoms with Gasteiger partial charge >= 0.3 is 6.03 Å². The molecule has 1 saturated heterocycles. The highest BCUT2D eigenvalue weighted by Gasteiger charge is 2.17. The largest absolute Gasteiger partial charge is 0.324 e. The number of urea groups is 1. The lowest BCUT2D eigenvalue weighted by Crippen LogP contribution is -2.38. The molecule has 0 atom stereocenters. The first-order valence-corrected chi connectivity index (χ1v) is 6.33. The van der Waals surface area contributed by atoms with Crippen LogP contribution in [0.15, 0.2) is 24.3 Å². The smallest absolute Gasteiger partial charge is 0.323 e. The zero-order valence-corrected chi connectivity index (χ0v) is 10.1. The maximum absolute atomic E-state index is 12.1. The van der Waals surface area contributed by atoms with Crippen LogP contribution in [0.2, 0.25) is 0 Å². The van der Waals surface area contributed by atoms with E-state index in [0.29, 0.717) is 5.82 Å². The number of hydrogen-bond donors (Lipinski definition) is 2. The Balaban J connectivity index is 1.77. The van der Waals surface area contributed by atoms with Gasteiger partial charge < -0.3 is 4.90 Å². The number of piperidine rings is 1. The number of H-pyrrole nitrogens is 1. The van der Waals surface area contributed by atoms with Crippen LogP contribution in [0.4, 0.5) is 10.6 Å². The predicted molar refractivity (Wildman–Crippen MR) is 70.5 cm³/mol. The number of rotatable bonds is 1. The van der Waals surface area contributed by atoms with Crippen molar-refractivity contribution in [2.75, 3.05) is 18.4 Å². The van der Waals surface area contributed by atoms with Crippen LogP contribution in [0, 0.1) is 0 Å². The van der Waals surface area contributed by atoms with Gasteiger partial charge in [-0.25, -0.2) is 4.79 Å². The van der Waals surface area contributed by atoms with Gasteiger partial charge in [0.05, 0.1) is 5.52 Å². The maximum atomic E-state index is 12.1. The van der Waals surface area contributed by atoms with Crippen molar-refractivity contribution in [1.29, 1.82) is 0 Å². The fraction of sp³-hybridized carbons (Fsp3) is 0.385. The summed E-state index contributed by atoms with van der Waals surface area (Å²) < 4.78 is 0. The lowest BCUT2D eigenvalue weighted by atomic mass is 10.1. The molecule has 0 aliphatic carbocycles. The van der Waals surface area contributed by atoms with Crippen LogP contribution in [0.1, 0.15) is 19.3 Å². The van der Waals surface area contributed by atoms with E-state index >= 15 is 0 Å². The number of aromatic amines is 1. The number of nitrogens with one attached hydrogen (secondary N) is 2. The van der Waals surface area contributed by atoms with Gasteiger partial charge in [0, 0.05) is 18.5 Å². The van der Waals surface area contributed by atoms with Crippen molar-refractivity contribution in [3.8, 4) is 0 Å². The molecule has 18 heavy (non-hydrogen) atoms. The molecule has 0 spiro atoms. The maximum Gasteiger partial charge on any atom is 0.323 e. The third-order valence-corrected chi connectivity index (χ3v) is 3.34. The second-order valence-electron chi connectivity index (χ2n) is 4.60. The Bertz CT molecular complexity index is 557. The lowest BCUT2D eigenvalue weighted by Gasteiger charge is -2.26. The number of amides is 2. The number of aromatic nitrogens is 2. The van der Waals surface area contributed by atoms with E-state index in [4.69, 9.17) is 0 Å². The number of benzene rings is 1. The molecular formula is C13H16N4O. The van der Waals surface area contributed by atoms with Gasteiger partial charge in [-0.3, -0.25) is 10.4 Å². The Hall–Kier alpha value is -2.04. The molecule has 94 valence electrons. The van der Waals surface area contributed by atoms with Gasteiger partial charge in [-0.1, -0.05) is 12.1 Å². The summed E-state index contributed by atoms with van der Waals surface area (Å²) in [5.74, 6) is 0.612. The third-order valence-electron chi connectivity index (χ3n) is 3.34. The summed E-state index contributed by atoms with van der Waals surface area (Å²) in [6, 6.07) is 7.72. The van der Waals surface area contributed by atoms with Crippen LogP contribution >= 0.6 is 0 Å². The molecule has 0 unspecified atom stereocenters. The highest BCUT2D eigenvalue weighted by atomic mass is 16.2. The zero-order chi connectivity index (χ0) is 12.4. The summed E-state index contributed by atoms with van der Waals surface area (Å²) in [5, 5.41) is 10.9. The topological polar surface area (TPSA) is 61.0 Å². The molecule has 1 aliphatic rings. The fourth-order valence-electron chi connectivity index (χ4n) is 2.34. The monoisotopic (exact) mass is 244 g/mol. The fourth-order valence-corrected chi connectivity index (χ4v) is 2.34. The molecule has 3 rings (SSSR count). The number of fused-ring (bicyclic) bond motifs is 1. The minimum absolute atomic E-state index is 0.0491. The van der Waals surface area contributed by atoms with Gasteiger partial charge in [-0.2, -0.15) is 5.10 Å². The SMILES string of the molecule is O=C(Nc1n[nH]c2ccccc12)N1CCCCC1. The molecule has 2 amide bonds. The molecule has 5 nitrogen and oxygen atoms in total. The number of nitrogens with zero attached hydrogens (tertiary/aromatic N) is 2. The average Bonchev–Trinajstić information content (AvgIpc) is 2.83. The summed E-state index contributed by atoms with van der Waals surface area (Å²) in [6.07, 6.45) is 3.40. The Labute approximate surface area is 105 Å². The van der Waals surface area contributed by atoms with Gasteiger partial charge in [0.2, 0.25) is 0 Å². The summed E-state index contributed by atoms with van der Waals surface area (Å²) >= 11 is 0. The van der Waals surface area contributed by atoms with E-state index in [-0.39, 0.29) is 6.03 Å². The van der Waals surface area contributed by atoms with Crippen LogP contribution in [0.5, 0.6) is 0 Å². The standard InChI is InChI=1S/C13H16N4O/c18-13(17-8-4-1-5-9-17)14-12-10-6-2-3-7-11(10)15-16-12/h2-3,6-7H,1,4-5,8-9H2,(H2,14,15,16,18). The van der Waals surface area contributed by atoms with Crippen molar-refractivity contribution in [1.82, 2.24) is 15.1 Å². The Morgan fingerprint density at radius 2 is 2.00 bits per heavy atom. The van der Waals surface area contributed by atoms with Crippen molar-refractivity contribution in [2.45, 2.75) is 19.3 Å². The molecule has 0 bridgehead atoms. The molecule has 0 radical (unpaired) electrons. The first kappa shape index (κ1) is 11.1. The van der Waals surface area contributed by atoms with E-state index in [2.05, 4.69) is 15.5 Å². The molecule has 2 heterocycles. The van der Waals surface area contributed by atoms with E-state index < -0.39 is 0 Å². The van der Waals surface area contributed by atoms with E-state index in [0.717, 1.165) is 36.8 Å². The van der Waals surface area contributed by atoms with Crippen LogP contribution < -0.4 is 5.32 Å². The number of hydrogen-bond acceptors (Lipinski definition) is 2. The van der Waals surface area contributed by atoms with Crippen LogP contribution in [-0.4, -0.2) is 34.2 Å². The molecule has 0 saturated carbocycles. The predicted octanol–water partition coefficient (Wildman–Crippen LogP) is 2.58. The molecule has 1 aliphatic heterocycles. The normalized spacial score (nSPS) is 15.9. The highest BCUT2D eigenvalue weighted by molar-refractivity contribution is 5.98. The quantitative estimate of drug-likeness (QED) is 0.810. The van der Waals surface area contributed by atoms with Gasteiger partial charge in [0.15, 0.2) is 5.82 Å². The molecule has 2 aromatic rings. The van der Waals surface area contributed by atoms with Gasteiger partial charge in [-0.15, -0.1) is 0 Å². The molecule has 1 aromatic carbocycles. The Morgan fingerprint density at radius 3 is 2.83 bits per heavy atom. The minimum atomic E-state index is -0.0491. The third kappa shape index (κ3) is 2.03. The minimum Gasteiger partial charge on any atom is -0.324 e. The number of carbonyl (C=O) groups excluding carboxylic acids is 1. The Kier molecular flexibility index (Phi) is 2.88. The van der Waals surface area contributed by atoms with Crippen molar-refractivity contribution in [3.63, 3.8) is 0 Å². The summed E-state index contributed by atoms with van der Waals surface area (Å²) in [5.41, 5.74) is 0.937. The van der Waals surface area contributed by atoms with Crippen LogP contribution in [-0.2, 0) is 0 Å². The van der Waals surface area contributed by atoms with E-state index in [9.17, 15) is 4.79 Å². The summed E-state index contributed by atoms with van der Waals surface area (Å²) in [4.78, 5) is 13.9. The van der Waals surface area contributed by atoms with Crippen molar-refractivity contribution in [2.24, 2.45) is 0 Å². The average molecular weight is 244 g/mol. The molecule has 2 N–H and O–H groups in total. The first-order valence-electron chi connectivity index (χ1n) is 6.33. The van der Waals surface area contributed by atoms with Crippen LogP contribution in [0.3, 0.4) is 0 Å². The molecule has 5 heteroatoms. The van der Waals surface area contributed by atoms with Crippen LogP contribution in [0.25, 0.3) is 10.9 Å². The first-order chi connectivity index (χ1) is 8.84. The van der Waals surface area contributed by atoms with E-state index in [1.807, 2.05) is 29.2 Å². The van der Waals surface area contributed by atoms with E-state index in [1.54, 1.807) is 0 Å². The molecular weight excluding hydrogens is 228 g/mol. The Morgan fingerprint density at radius 1 is 1.22 bits per heavy atom. The van der Waals surface area contributed by atoms with Gasteiger partial charge in [0.25, 0.3) is 0 Å². The second kappa shape index (κ2) is 4.68. The number of anilines is 1. The summed E-state index contributed by atoms with van der Waals surface area (Å²) in [7, 11) is 0. The van der Waals surface area contributed by atoms with E-state index in [1.165, 1.54) is 6.42 Å². The van der Waals surface area contributed by atoms with Crippen molar-refractivity contribution < 1.29 is 4.79 Å². The van der Waals surface area contributed by atoms with Crippen molar-refractivity contribution >= 4 is 22.8 Å². The van der Waals surface area contributed by atoms with Gasteiger partial charge in [-0.05, 0) is 31.4 Å².